The molecule has 6 heteroatoms. The summed E-state index contributed by atoms with van der Waals surface area (Å²) in [6.07, 6.45) is 1.62. The van der Waals surface area contributed by atoms with Crippen molar-refractivity contribution >= 4 is 34.6 Å². The predicted molar refractivity (Wildman–Crippen MR) is 75.6 cm³/mol. The lowest BCUT2D eigenvalue weighted by molar-refractivity contribution is 0.270. The zero-order valence-corrected chi connectivity index (χ0v) is 11.4. The van der Waals surface area contributed by atoms with Crippen molar-refractivity contribution in [1.29, 1.82) is 0 Å². The van der Waals surface area contributed by atoms with Gasteiger partial charge in [-0.25, -0.2) is 0 Å². The van der Waals surface area contributed by atoms with Crippen molar-refractivity contribution in [1.82, 2.24) is 10.5 Å². The van der Waals surface area contributed by atoms with Crippen LogP contribution in [-0.4, -0.2) is 25.1 Å². The van der Waals surface area contributed by atoms with Crippen molar-refractivity contribution in [2.24, 2.45) is 5.10 Å². The minimum Gasteiger partial charge on any atom is -0.497 e. The minimum atomic E-state index is 0.564. The van der Waals surface area contributed by atoms with E-state index in [1.165, 1.54) is 0 Å². The lowest BCUT2D eigenvalue weighted by Crippen LogP contribution is -2.42. The average molecular weight is 342 g/mol. The van der Waals surface area contributed by atoms with E-state index in [2.05, 4.69) is 20.4 Å². The molecule has 0 aromatic heterocycles. The molecule has 5 nitrogen and oxygen atoms in total. The number of ether oxygens (including phenoxy) is 1. The Bertz CT molecular complexity index is 463. The van der Waals surface area contributed by atoms with Gasteiger partial charge in [0.15, 0.2) is 0 Å². The quantitative estimate of drug-likeness (QED) is 0.669. The summed E-state index contributed by atoms with van der Waals surface area (Å²) < 4.78 is 7.94. The summed E-state index contributed by atoms with van der Waals surface area (Å²) in [6.45, 7) is 0.564. The van der Waals surface area contributed by atoms with Gasteiger partial charge in [-0.1, -0.05) is 11.0 Å². The van der Waals surface area contributed by atoms with Crippen LogP contribution in [-0.2, 0) is 0 Å². The van der Waals surface area contributed by atoms with Gasteiger partial charge in [-0.05, 0) is 28.2 Å². The number of hydrogen-bond acceptors (Lipinski definition) is 5. The minimum absolute atomic E-state index is 0.564. The van der Waals surface area contributed by atoms with Gasteiger partial charge in [-0.15, -0.1) is 5.10 Å². The average Bonchev–Trinajstić information content (AvgIpc) is 2.84. The fourth-order valence-corrected chi connectivity index (χ4v) is 1.57. The van der Waals surface area contributed by atoms with Gasteiger partial charge in [0.1, 0.15) is 18.6 Å². The smallest absolute Gasteiger partial charge is 0.126 e. The number of rotatable bonds is 3. The van der Waals surface area contributed by atoms with Crippen molar-refractivity contribution in [3.05, 3.63) is 24.3 Å². The van der Waals surface area contributed by atoms with Gasteiger partial charge in [0.2, 0.25) is 0 Å². The topological polar surface area (TPSA) is 40.1 Å². The first-order chi connectivity index (χ1) is 8.35. The Hall–Kier alpha value is -1.46. The second-order valence-electron chi connectivity index (χ2n) is 3.19. The van der Waals surface area contributed by atoms with Crippen LogP contribution < -0.4 is 15.3 Å². The second kappa shape index (κ2) is 5.75. The van der Waals surface area contributed by atoms with E-state index in [1.54, 1.807) is 18.6 Å². The van der Waals surface area contributed by atoms with Gasteiger partial charge in [-0.2, -0.15) is 5.12 Å². The number of halogens is 1. The molecule has 0 amide bonds. The van der Waals surface area contributed by atoms with E-state index in [9.17, 15) is 0 Å². The fraction of sp³-hybridized carbons (Fsp3) is 0.182. The van der Waals surface area contributed by atoms with Gasteiger partial charge in [-0.3, -0.25) is 5.43 Å². The molecule has 0 radical (unpaired) electrons. The highest BCUT2D eigenvalue weighted by Crippen LogP contribution is 2.21. The van der Waals surface area contributed by atoms with Gasteiger partial charge in [0, 0.05) is 22.6 Å². The Balaban J connectivity index is 2.13. The first-order valence-corrected chi connectivity index (χ1v) is 6.02. The highest BCUT2D eigenvalue weighted by atomic mass is 127. The van der Waals surface area contributed by atoms with E-state index in [0.29, 0.717) is 6.54 Å². The Kier molecular flexibility index (Phi) is 4.06. The number of nitrogens with zero attached hydrogens (tertiary/aromatic N) is 3. The first-order valence-electron chi connectivity index (χ1n) is 4.94. The number of anilines is 1. The van der Waals surface area contributed by atoms with Gasteiger partial charge >= 0.3 is 0 Å². The third-order valence-electron chi connectivity index (χ3n) is 2.20. The first kappa shape index (κ1) is 12.0. The molecule has 0 fully saturated rings. The normalized spacial score (nSPS) is 14.1. The molecule has 1 aromatic carbocycles. The molecular weight excluding hydrogens is 331 g/mol. The third-order valence-corrected chi connectivity index (χ3v) is 2.58. The van der Waals surface area contributed by atoms with Crippen molar-refractivity contribution in [2.45, 2.75) is 0 Å². The maximum Gasteiger partial charge on any atom is 0.126 e. The lowest BCUT2D eigenvalue weighted by atomic mass is 10.3. The molecule has 1 aliphatic rings. The molecule has 0 unspecified atom stereocenters. The van der Waals surface area contributed by atoms with E-state index in [4.69, 9.17) is 4.74 Å². The zero-order valence-electron chi connectivity index (χ0n) is 9.22. The highest BCUT2D eigenvalue weighted by Gasteiger charge is 2.17. The van der Waals surface area contributed by atoms with Crippen LogP contribution in [0.2, 0.25) is 0 Å². The van der Waals surface area contributed by atoms with Crippen LogP contribution in [0.5, 0.6) is 5.75 Å². The molecule has 1 N–H and O–H groups in total. The van der Waals surface area contributed by atoms with Crippen molar-refractivity contribution in [3.8, 4) is 15.6 Å². The summed E-state index contributed by atoms with van der Waals surface area (Å²) in [7, 11) is 1.65. The molecule has 0 aliphatic carbocycles. The van der Waals surface area contributed by atoms with E-state index >= 15 is 0 Å². The summed E-state index contributed by atoms with van der Waals surface area (Å²) in [5, 5.41) is 7.77. The molecular formula is C11H11IN4O. The summed E-state index contributed by atoms with van der Waals surface area (Å²) in [4.78, 5) is 0. The number of nitrogens with one attached hydrogen (secondary N) is 1. The van der Waals surface area contributed by atoms with E-state index < -0.39 is 0 Å². The van der Waals surface area contributed by atoms with Crippen LogP contribution in [0, 0.1) is 9.85 Å². The van der Waals surface area contributed by atoms with Gasteiger partial charge < -0.3 is 4.74 Å². The maximum atomic E-state index is 5.11. The highest BCUT2D eigenvalue weighted by molar-refractivity contribution is 14.1. The van der Waals surface area contributed by atoms with Crippen LogP contribution in [0.25, 0.3) is 0 Å². The number of benzene rings is 1. The molecule has 2 rings (SSSR count). The van der Waals surface area contributed by atoms with E-state index in [1.807, 2.05) is 52.0 Å². The Morgan fingerprint density at radius 1 is 1.41 bits per heavy atom. The molecule has 1 aromatic rings. The molecule has 1 heterocycles. The molecule has 1 aliphatic heterocycles. The monoisotopic (exact) mass is 342 g/mol. The molecule has 0 saturated heterocycles. The second-order valence-corrected chi connectivity index (χ2v) is 3.73. The zero-order chi connectivity index (χ0) is 12.1. The van der Waals surface area contributed by atoms with Crippen molar-refractivity contribution < 1.29 is 4.74 Å². The molecule has 0 spiro atoms. The van der Waals surface area contributed by atoms with Crippen LogP contribution in [0.4, 0.5) is 5.69 Å². The predicted octanol–water partition coefficient (Wildman–Crippen LogP) is 1.58. The Labute approximate surface area is 114 Å². The van der Waals surface area contributed by atoms with Gasteiger partial charge in [0.05, 0.1) is 12.8 Å². The number of methoxy groups -OCH3 is 1. The van der Waals surface area contributed by atoms with Gasteiger partial charge in [0.25, 0.3) is 0 Å². The van der Waals surface area contributed by atoms with Crippen molar-refractivity contribution in [3.63, 3.8) is 0 Å². The molecule has 17 heavy (non-hydrogen) atoms. The summed E-state index contributed by atoms with van der Waals surface area (Å²) >= 11 is 2.01. The van der Waals surface area contributed by atoms with Crippen LogP contribution in [0.15, 0.2) is 29.4 Å². The largest absolute Gasteiger partial charge is 0.497 e. The SMILES string of the molecule is COc1ccc(N2N=CNN2CC#CI)cc1. The number of hydrazone groups is 1. The molecule has 0 atom stereocenters. The van der Waals surface area contributed by atoms with E-state index in [0.717, 1.165) is 11.4 Å². The van der Waals surface area contributed by atoms with Crippen LogP contribution >= 0.6 is 22.6 Å². The molecule has 0 bridgehead atoms. The Morgan fingerprint density at radius 3 is 2.82 bits per heavy atom. The summed E-state index contributed by atoms with van der Waals surface area (Å²) in [6, 6.07) is 7.66. The lowest BCUT2D eigenvalue weighted by Gasteiger charge is -2.24. The number of hydrogen-bond donors (Lipinski definition) is 1. The number of hydrazine groups is 2. The molecule has 88 valence electrons. The van der Waals surface area contributed by atoms with Crippen molar-refractivity contribution in [2.75, 3.05) is 18.8 Å². The molecule has 0 saturated carbocycles. The fourth-order valence-electron chi connectivity index (χ4n) is 1.40. The van der Waals surface area contributed by atoms with Crippen LogP contribution in [0.3, 0.4) is 0 Å². The third kappa shape index (κ3) is 2.81. The van der Waals surface area contributed by atoms with E-state index in [-0.39, 0.29) is 0 Å². The summed E-state index contributed by atoms with van der Waals surface area (Å²) in [5.74, 6) is 3.79. The standard InChI is InChI=1S/C11H11IN4O/c1-17-11-5-3-10(4-6-11)16-14-9-13-15(16)8-2-7-12/h3-6,9H,8H2,1H3,(H,13,14). The van der Waals surface area contributed by atoms with Crippen LogP contribution in [0.1, 0.15) is 0 Å². The summed E-state index contributed by atoms with van der Waals surface area (Å²) in [5.41, 5.74) is 3.95. The Morgan fingerprint density at radius 2 is 2.18 bits per heavy atom. The maximum absolute atomic E-state index is 5.11.